The maximum atomic E-state index is 13.2. The number of hydrogen-bond acceptors (Lipinski definition) is 8. The number of anilines is 2. The van der Waals surface area contributed by atoms with Gasteiger partial charge >= 0.3 is 0 Å². The minimum Gasteiger partial charge on any atom is -0.469 e. The molecule has 0 spiro atoms. The molecule has 178 valence electrons. The largest absolute Gasteiger partial charge is 0.469 e. The molecule has 0 amide bonds. The van der Waals surface area contributed by atoms with Crippen LogP contribution < -0.4 is 20.9 Å². The van der Waals surface area contributed by atoms with Gasteiger partial charge in [0.25, 0.3) is 5.56 Å². The van der Waals surface area contributed by atoms with E-state index in [4.69, 9.17) is 14.5 Å². The number of rotatable bonds is 7. The van der Waals surface area contributed by atoms with E-state index in [9.17, 15) is 4.79 Å². The van der Waals surface area contributed by atoms with Crippen LogP contribution in [-0.4, -0.2) is 50.2 Å². The molecular weight excluding hydrogens is 446 g/mol. The lowest BCUT2D eigenvalue weighted by Crippen LogP contribution is -2.38. The average molecular weight is 472 g/mol. The van der Waals surface area contributed by atoms with E-state index < -0.39 is 0 Å². The van der Waals surface area contributed by atoms with Crippen molar-refractivity contribution in [2.45, 2.75) is 25.6 Å². The normalized spacial score (nSPS) is 15.4. The molecule has 0 saturated carbocycles. The SMILES string of the molecule is C=CCn1c(=O)c2cnc(Nc3ccc4c(c3)CNCC4)nc2n1-c1cccc(OC2COC2)n1. The first-order chi connectivity index (χ1) is 17.2. The fourth-order valence-electron chi connectivity index (χ4n) is 4.34. The Morgan fingerprint density at radius 2 is 2.14 bits per heavy atom. The van der Waals surface area contributed by atoms with E-state index in [-0.39, 0.29) is 11.7 Å². The summed E-state index contributed by atoms with van der Waals surface area (Å²) in [6, 6.07) is 11.7. The number of allylic oxidation sites excluding steroid dienone is 1. The first-order valence-corrected chi connectivity index (χ1v) is 11.6. The van der Waals surface area contributed by atoms with E-state index in [1.54, 1.807) is 27.7 Å². The van der Waals surface area contributed by atoms with Gasteiger partial charge in [0.2, 0.25) is 11.8 Å². The molecule has 3 aromatic heterocycles. The monoisotopic (exact) mass is 471 g/mol. The zero-order chi connectivity index (χ0) is 23.8. The van der Waals surface area contributed by atoms with Gasteiger partial charge in [0.15, 0.2) is 11.5 Å². The number of aromatic nitrogens is 5. The summed E-state index contributed by atoms with van der Waals surface area (Å²) in [4.78, 5) is 26.9. The van der Waals surface area contributed by atoms with Gasteiger partial charge in [-0.15, -0.1) is 6.58 Å². The van der Waals surface area contributed by atoms with Crippen LogP contribution in [0.4, 0.5) is 11.6 Å². The highest BCUT2D eigenvalue weighted by Gasteiger charge is 2.22. The molecule has 4 aromatic rings. The molecule has 0 bridgehead atoms. The van der Waals surface area contributed by atoms with E-state index in [1.807, 2.05) is 18.2 Å². The third kappa shape index (κ3) is 4.07. The molecule has 1 saturated heterocycles. The molecule has 2 aliphatic heterocycles. The summed E-state index contributed by atoms with van der Waals surface area (Å²) < 4.78 is 14.3. The number of pyridine rings is 1. The van der Waals surface area contributed by atoms with E-state index in [0.717, 1.165) is 25.2 Å². The molecule has 6 rings (SSSR count). The number of nitrogens with zero attached hydrogens (tertiary/aromatic N) is 5. The maximum Gasteiger partial charge on any atom is 0.278 e. The molecule has 2 N–H and O–H groups in total. The molecule has 2 aliphatic rings. The second kappa shape index (κ2) is 8.97. The van der Waals surface area contributed by atoms with Gasteiger partial charge in [-0.05, 0) is 42.3 Å². The van der Waals surface area contributed by atoms with Crippen LogP contribution in [0.25, 0.3) is 16.9 Å². The second-order valence-electron chi connectivity index (χ2n) is 8.57. The van der Waals surface area contributed by atoms with Crippen molar-refractivity contribution < 1.29 is 9.47 Å². The summed E-state index contributed by atoms with van der Waals surface area (Å²) in [6.07, 6.45) is 4.22. The first-order valence-electron chi connectivity index (χ1n) is 11.6. The number of nitrogens with one attached hydrogen (secondary N) is 2. The molecule has 1 fully saturated rings. The third-order valence-electron chi connectivity index (χ3n) is 6.15. The van der Waals surface area contributed by atoms with Crippen molar-refractivity contribution in [2.75, 3.05) is 25.1 Å². The lowest BCUT2D eigenvalue weighted by atomic mass is 10.0. The van der Waals surface area contributed by atoms with Crippen LogP contribution in [0.3, 0.4) is 0 Å². The smallest absolute Gasteiger partial charge is 0.278 e. The Balaban J connectivity index is 1.40. The number of benzene rings is 1. The predicted octanol–water partition coefficient (Wildman–Crippen LogP) is 2.33. The minimum absolute atomic E-state index is 0.0144. The van der Waals surface area contributed by atoms with Crippen LogP contribution in [-0.2, 0) is 24.2 Å². The van der Waals surface area contributed by atoms with Crippen molar-refractivity contribution in [2.24, 2.45) is 0 Å². The summed E-state index contributed by atoms with van der Waals surface area (Å²) in [7, 11) is 0. The van der Waals surface area contributed by atoms with Crippen molar-refractivity contribution in [1.29, 1.82) is 0 Å². The second-order valence-corrected chi connectivity index (χ2v) is 8.57. The zero-order valence-corrected chi connectivity index (χ0v) is 19.1. The van der Waals surface area contributed by atoms with Gasteiger partial charge in [0.1, 0.15) is 11.5 Å². The highest BCUT2D eigenvalue weighted by atomic mass is 16.6. The standard InChI is InChI=1S/C25H25N7O3/c1-2-10-31-24(33)20-13-27-25(28-18-7-6-16-8-9-26-12-17(16)11-18)30-23(20)32(31)21-4-3-5-22(29-21)35-19-14-34-15-19/h2-7,11,13,19,26H,1,8-10,12,14-15H2,(H,27,28,30). The molecule has 35 heavy (non-hydrogen) atoms. The summed E-state index contributed by atoms with van der Waals surface area (Å²) in [5.74, 6) is 1.37. The Morgan fingerprint density at radius 1 is 1.23 bits per heavy atom. The highest BCUT2D eigenvalue weighted by Crippen LogP contribution is 2.23. The van der Waals surface area contributed by atoms with Gasteiger partial charge in [-0.25, -0.2) is 14.3 Å². The lowest BCUT2D eigenvalue weighted by molar-refractivity contribution is -0.0813. The van der Waals surface area contributed by atoms with Gasteiger partial charge < -0.3 is 20.1 Å². The van der Waals surface area contributed by atoms with Gasteiger partial charge in [-0.3, -0.25) is 4.79 Å². The molecule has 10 nitrogen and oxygen atoms in total. The van der Waals surface area contributed by atoms with Crippen LogP contribution in [0.5, 0.6) is 5.88 Å². The average Bonchev–Trinajstić information content (AvgIpc) is 3.12. The zero-order valence-electron chi connectivity index (χ0n) is 19.1. The van der Waals surface area contributed by atoms with Crippen molar-refractivity contribution in [3.63, 3.8) is 0 Å². The maximum absolute atomic E-state index is 13.2. The van der Waals surface area contributed by atoms with E-state index in [2.05, 4.69) is 39.3 Å². The van der Waals surface area contributed by atoms with Crippen molar-refractivity contribution >= 4 is 22.7 Å². The van der Waals surface area contributed by atoms with E-state index >= 15 is 0 Å². The highest BCUT2D eigenvalue weighted by molar-refractivity contribution is 5.77. The molecular formula is C25H25N7O3. The molecule has 0 aliphatic carbocycles. The Bertz CT molecular complexity index is 1470. The molecule has 1 aromatic carbocycles. The van der Waals surface area contributed by atoms with E-state index in [0.29, 0.717) is 48.4 Å². The van der Waals surface area contributed by atoms with Crippen LogP contribution >= 0.6 is 0 Å². The minimum atomic E-state index is -0.216. The predicted molar refractivity (Wildman–Crippen MR) is 131 cm³/mol. The Labute approximate surface area is 201 Å². The lowest BCUT2D eigenvalue weighted by Gasteiger charge is -2.26. The third-order valence-corrected chi connectivity index (χ3v) is 6.15. The number of ether oxygens (including phenoxy) is 2. The quantitative estimate of drug-likeness (QED) is 0.396. The Kier molecular flexibility index (Phi) is 5.51. The Morgan fingerprint density at radius 3 is 2.97 bits per heavy atom. The molecule has 0 radical (unpaired) electrons. The summed E-state index contributed by atoms with van der Waals surface area (Å²) in [5.41, 5.74) is 3.73. The summed E-state index contributed by atoms with van der Waals surface area (Å²) in [5, 5.41) is 7.07. The molecule has 10 heteroatoms. The molecule has 0 unspecified atom stereocenters. The van der Waals surface area contributed by atoms with Crippen LogP contribution in [0.15, 0.2) is 60.0 Å². The van der Waals surface area contributed by atoms with Gasteiger partial charge in [0, 0.05) is 24.5 Å². The fourth-order valence-corrected chi connectivity index (χ4v) is 4.34. The van der Waals surface area contributed by atoms with Crippen LogP contribution in [0.2, 0.25) is 0 Å². The van der Waals surface area contributed by atoms with Crippen molar-refractivity contribution in [3.05, 3.63) is 76.7 Å². The number of hydrogen-bond donors (Lipinski definition) is 2. The first kappa shape index (κ1) is 21.5. The van der Waals surface area contributed by atoms with Crippen LogP contribution in [0, 0.1) is 0 Å². The van der Waals surface area contributed by atoms with Crippen molar-refractivity contribution in [3.8, 4) is 11.7 Å². The fraction of sp³-hybridized carbons (Fsp3) is 0.280. The summed E-state index contributed by atoms with van der Waals surface area (Å²) >= 11 is 0. The topological polar surface area (TPSA) is 108 Å². The molecule has 0 atom stereocenters. The van der Waals surface area contributed by atoms with Gasteiger partial charge in [0.05, 0.1) is 19.8 Å². The number of fused-ring (bicyclic) bond motifs is 2. The van der Waals surface area contributed by atoms with Crippen molar-refractivity contribution in [1.82, 2.24) is 29.6 Å². The molecule has 5 heterocycles. The van der Waals surface area contributed by atoms with E-state index in [1.165, 1.54) is 11.1 Å². The Hall–Kier alpha value is -4.02. The van der Waals surface area contributed by atoms with Gasteiger partial charge in [-0.1, -0.05) is 18.2 Å². The van der Waals surface area contributed by atoms with Gasteiger partial charge in [-0.2, -0.15) is 9.97 Å². The van der Waals surface area contributed by atoms with Crippen LogP contribution in [0.1, 0.15) is 11.1 Å². The summed E-state index contributed by atoms with van der Waals surface area (Å²) in [6.45, 7) is 7.01.